The Balaban J connectivity index is 0.000000177. The third-order valence-electron chi connectivity index (χ3n) is 9.02. The zero-order chi connectivity index (χ0) is 27.3. The molecule has 2 aromatic carbocycles. The number of H-pyrrole nitrogens is 1. The van der Waals surface area contributed by atoms with Crippen LogP contribution >= 0.6 is 0 Å². The second-order valence-corrected chi connectivity index (χ2v) is 11.4. The molecule has 2 saturated heterocycles. The average Bonchev–Trinajstić information content (AvgIpc) is 3.48. The van der Waals surface area contributed by atoms with Crippen LogP contribution in [0.3, 0.4) is 0 Å². The third kappa shape index (κ3) is 5.71. The molecule has 0 radical (unpaired) electrons. The lowest BCUT2D eigenvalue weighted by molar-refractivity contribution is 0.315. The van der Waals surface area contributed by atoms with E-state index in [0.29, 0.717) is 6.54 Å². The summed E-state index contributed by atoms with van der Waals surface area (Å²) in [6, 6.07) is 19.8. The maximum absolute atomic E-state index is 6.22. The number of nitrogens with two attached hydrogens (primary N) is 2. The fraction of sp³-hybridized carbons (Fsp3) is 0.438. The van der Waals surface area contributed by atoms with E-state index in [2.05, 4.69) is 93.6 Å². The number of benzene rings is 2. The number of aromatic amines is 1. The molecule has 0 bridgehead atoms. The van der Waals surface area contributed by atoms with Gasteiger partial charge in [0.15, 0.2) is 0 Å². The first-order valence-corrected chi connectivity index (χ1v) is 14.3. The van der Waals surface area contributed by atoms with Crippen LogP contribution in [-0.2, 0) is 10.8 Å². The molecule has 0 spiro atoms. The maximum atomic E-state index is 6.22. The van der Waals surface area contributed by atoms with Crippen molar-refractivity contribution in [1.82, 2.24) is 20.3 Å². The molecule has 2 aliphatic heterocycles. The van der Waals surface area contributed by atoms with Crippen LogP contribution in [0.1, 0.15) is 47.9 Å². The van der Waals surface area contributed by atoms with E-state index in [1.807, 2.05) is 6.20 Å². The molecule has 6 rings (SSSR count). The summed E-state index contributed by atoms with van der Waals surface area (Å²) in [7, 11) is 0. The zero-order valence-corrected chi connectivity index (χ0v) is 23.4. The van der Waals surface area contributed by atoms with Crippen LogP contribution in [-0.4, -0.2) is 54.2 Å². The molecular formula is C32H43N7. The van der Waals surface area contributed by atoms with Crippen LogP contribution in [0, 0.1) is 13.8 Å². The Hall–Kier alpha value is -3.26. The molecule has 2 aromatic heterocycles. The lowest BCUT2D eigenvalue weighted by Crippen LogP contribution is -2.47. The third-order valence-corrected chi connectivity index (χ3v) is 9.02. The van der Waals surface area contributed by atoms with E-state index in [0.717, 1.165) is 75.3 Å². The van der Waals surface area contributed by atoms with E-state index in [9.17, 15) is 0 Å². The van der Waals surface area contributed by atoms with Crippen LogP contribution in [0.5, 0.6) is 0 Å². The fourth-order valence-corrected chi connectivity index (χ4v) is 6.20. The van der Waals surface area contributed by atoms with E-state index < -0.39 is 0 Å². The van der Waals surface area contributed by atoms with Crippen LogP contribution in [0.15, 0.2) is 67.1 Å². The van der Waals surface area contributed by atoms with Gasteiger partial charge >= 0.3 is 0 Å². The van der Waals surface area contributed by atoms with Crippen molar-refractivity contribution in [2.24, 2.45) is 11.5 Å². The number of piperidine rings is 2. The molecule has 6 N–H and O–H groups in total. The summed E-state index contributed by atoms with van der Waals surface area (Å²) in [5.74, 6) is 1.02. The number of nitrogens with zero attached hydrogens (tertiary/aromatic N) is 3. The highest BCUT2D eigenvalue weighted by Gasteiger charge is 2.36. The largest absolute Gasteiger partial charge is 0.356 e. The molecule has 206 valence electrons. The van der Waals surface area contributed by atoms with Crippen molar-refractivity contribution >= 4 is 16.9 Å². The first kappa shape index (κ1) is 27.3. The number of rotatable bonds is 5. The van der Waals surface area contributed by atoms with E-state index in [4.69, 9.17) is 11.5 Å². The molecule has 2 aliphatic rings. The Morgan fingerprint density at radius 1 is 0.744 bits per heavy atom. The predicted octanol–water partition coefficient (Wildman–Crippen LogP) is 4.34. The number of fused-ring (bicyclic) bond motifs is 1. The van der Waals surface area contributed by atoms with Gasteiger partial charge in [0.2, 0.25) is 0 Å². The topological polar surface area (TPSA) is 109 Å². The molecule has 4 aromatic rings. The van der Waals surface area contributed by atoms with Crippen molar-refractivity contribution in [1.29, 1.82) is 0 Å². The van der Waals surface area contributed by atoms with Crippen LogP contribution < -0.4 is 21.7 Å². The van der Waals surface area contributed by atoms with E-state index in [1.54, 1.807) is 6.33 Å². The number of nitrogens with one attached hydrogen (secondary N) is 2. The number of aryl methyl sites for hydroxylation is 2. The standard InChI is InChI=1S/C19H23N5.C13H20N2/c1-14-2-4-15(5-3-14)19(12-20)7-10-24(11-8-19)18-16-6-9-21-17(16)22-13-23-18;1-11-2-4-12(5-3-11)13(10-14)6-8-15-9-7-13/h2-6,9,13H,7-8,10-12,20H2,1H3,(H,21,22,23);2-5,15H,6-10,14H2,1H3. The Kier molecular flexibility index (Phi) is 8.31. The van der Waals surface area contributed by atoms with Gasteiger partial charge in [-0.3, -0.25) is 0 Å². The summed E-state index contributed by atoms with van der Waals surface area (Å²) in [5.41, 5.74) is 18.8. The van der Waals surface area contributed by atoms with E-state index in [1.165, 1.54) is 22.3 Å². The summed E-state index contributed by atoms with van der Waals surface area (Å²) in [6.07, 6.45) is 7.96. The summed E-state index contributed by atoms with van der Waals surface area (Å²) in [4.78, 5) is 14.3. The van der Waals surface area contributed by atoms with Crippen molar-refractivity contribution in [3.63, 3.8) is 0 Å². The predicted molar refractivity (Wildman–Crippen MR) is 161 cm³/mol. The van der Waals surface area contributed by atoms with Crippen molar-refractivity contribution < 1.29 is 0 Å². The molecule has 0 atom stereocenters. The quantitative estimate of drug-likeness (QED) is 0.309. The molecule has 2 fully saturated rings. The van der Waals surface area contributed by atoms with Gasteiger partial charge < -0.3 is 26.7 Å². The van der Waals surface area contributed by atoms with Gasteiger partial charge in [-0.15, -0.1) is 0 Å². The Labute approximate surface area is 232 Å². The highest BCUT2D eigenvalue weighted by Crippen LogP contribution is 2.37. The van der Waals surface area contributed by atoms with Gasteiger partial charge in [0.1, 0.15) is 17.8 Å². The molecule has 39 heavy (non-hydrogen) atoms. The number of hydrogen-bond donors (Lipinski definition) is 4. The van der Waals surface area contributed by atoms with Gasteiger partial charge in [-0.05, 0) is 69.8 Å². The zero-order valence-electron chi connectivity index (χ0n) is 23.4. The van der Waals surface area contributed by atoms with Crippen LogP contribution in [0.4, 0.5) is 5.82 Å². The second kappa shape index (κ2) is 11.9. The summed E-state index contributed by atoms with van der Waals surface area (Å²) >= 11 is 0. The van der Waals surface area contributed by atoms with Crippen molar-refractivity contribution in [2.45, 2.75) is 50.4 Å². The molecular weight excluding hydrogens is 482 g/mol. The van der Waals surface area contributed by atoms with Gasteiger partial charge in [0.05, 0.1) is 5.39 Å². The van der Waals surface area contributed by atoms with Gasteiger partial charge in [-0.1, -0.05) is 59.7 Å². The van der Waals surface area contributed by atoms with Crippen LogP contribution in [0.25, 0.3) is 11.0 Å². The summed E-state index contributed by atoms with van der Waals surface area (Å²) < 4.78 is 0. The molecule has 0 saturated carbocycles. The SMILES string of the molecule is Cc1ccc(C2(CN)CCN(c3ncnc4[nH]ccc34)CC2)cc1.Cc1ccc(C2(CN)CCNCC2)cc1. The minimum absolute atomic E-state index is 0.0779. The van der Waals surface area contributed by atoms with Gasteiger partial charge in [-0.25, -0.2) is 9.97 Å². The monoisotopic (exact) mass is 525 g/mol. The fourth-order valence-electron chi connectivity index (χ4n) is 6.20. The van der Waals surface area contributed by atoms with Gasteiger partial charge in [-0.2, -0.15) is 0 Å². The minimum atomic E-state index is 0.0779. The van der Waals surface area contributed by atoms with Gasteiger partial charge in [0.25, 0.3) is 0 Å². The second-order valence-electron chi connectivity index (χ2n) is 11.4. The lowest BCUT2D eigenvalue weighted by atomic mass is 9.72. The smallest absolute Gasteiger partial charge is 0.142 e. The first-order valence-electron chi connectivity index (χ1n) is 14.3. The Bertz CT molecular complexity index is 1330. The van der Waals surface area contributed by atoms with E-state index >= 15 is 0 Å². The maximum Gasteiger partial charge on any atom is 0.142 e. The highest BCUT2D eigenvalue weighted by molar-refractivity contribution is 5.87. The first-order chi connectivity index (χ1) is 19.0. The molecule has 7 nitrogen and oxygen atoms in total. The summed E-state index contributed by atoms with van der Waals surface area (Å²) in [5, 5.41) is 4.49. The Morgan fingerprint density at radius 3 is 1.82 bits per heavy atom. The Morgan fingerprint density at radius 2 is 1.28 bits per heavy atom. The van der Waals surface area contributed by atoms with Gasteiger partial charge in [0, 0.05) is 43.2 Å². The molecule has 7 heteroatoms. The number of aromatic nitrogens is 3. The molecule has 0 unspecified atom stereocenters. The van der Waals surface area contributed by atoms with Crippen molar-refractivity contribution in [3.8, 4) is 0 Å². The van der Waals surface area contributed by atoms with E-state index in [-0.39, 0.29) is 10.8 Å². The van der Waals surface area contributed by atoms with Crippen molar-refractivity contribution in [3.05, 3.63) is 89.4 Å². The molecule has 0 aliphatic carbocycles. The molecule has 0 amide bonds. The average molecular weight is 526 g/mol. The minimum Gasteiger partial charge on any atom is -0.356 e. The summed E-state index contributed by atoms with van der Waals surface area (Å²) in [6.45, 7) is 9.80. The van der Waals surface area contributed by atoms with Crippen LogP contribution in [0.2, 0.25) is 0 Å². The highest BCUT2D eigenvalue weighted by atomic mass is 15.2. The molecule has 4 heterocycles. The normalized spacial score (nSPS) is 18.4. The lowest BCUT2D eigenvalue weighted by Gasteiger charge is -2.42. The van der Waals surface area contributed by atoms with Crippen molar-refractivity contribution in [2.75, 3.05) is 44.2 Å². The number of anilines is 1. The number of hydrogen-bond acceptors (Lipinski definition) is 6.